The van der Waals surface area contributed by atoms with Crippen LogP contribution in [0.3, 0.4) is 0 Å². The van der Waals surface area contributed by atoms with Crippen molar-refractivity contribution in [2.45, 2.75) is 13.1 Å². The van der Waals surface area contributed by atoms with Crippen LogP contribution in [0, 0.1) is 0 Å². The van der Waals surface area contributed by atoms with E-state index in [-0.39, 0.29) is 0 Å². The normalized spacial score (nSPS) is 11.4. The average molecular weight is 264 g/mol. The fourth-order valence-electron chi connectivity index (χ4n) is 1.57. The molecule has 1 aromatic heterocycles. The van der Waals surface area contributed by atoms with Crippen molar-refractivity contribution < 1.29 is 13.2 Å². The van der Waals surface area contributed by atoms with Gasteiger partial charge in [-0.2, -0.15) is 18.3 Å². The second kappa shape index (κ2) is 4.84. The molecule has 1 heterocycles. The fourth-order valence-corrected chi connectivity index (χ4v) is 1.57. The van der Waals surface area contributed by atoms with Crippen LogP contribution in [-0.2, 0) is 6.18 Å². The molecule has 0 amide bonds. The van der Waals surface area contributed by atoms with Gasteiger partial charge in [-0.15, -0.1) is 5.10 Å². The third-order valence-corrected chi connectivity index (χ3v) is 2.59. The summed E-state index contributed by atoms with van der Waals surface area (Å²) >= 11 is 0. The number of benzene rings is 1. The van der Waals surface area contributed by atoms with Crippen molar-refractivity contribution in [3.8, 4) is 11.3 Å². The maximum atomic E-state index is 12.6. The summed E-state index contributed by atoms with van der Waals surface area (Å²) in [5.41, 5.74) is 1.46. The maximum absolute atomic E-state index is 12.6. The van der Waals surface area contributed by atoms with Gasteiger partial charge < -0.3 is 0 Å². The van der Waals surface area contributed by atoms with Crippen LogP contribution in [0.4, 0.5) is 13.2 Å². The van der Waals surface area contributed by atoms with Crippen molar-refractivity contribution in [1.29, 1.82) is 0 Å². The van der Waals surface area contributed by atoms with Crippen molar-refractivity contribution in [2.24, 2.45) is 0 Å². The summed E-state index contributed by atoms with van der Waals surface area (Å²) in [5, 5.41) is 7.83. The Kier molecular flexibility index (Phi) is 3.38. The topological polar surface area (TPSA) is 25.8 Å². The summed E-state index contributed by atoms with van der Waals surface area (Å²) in [6.45, 7) is 5.51. The molecule has 2 rings (SSSR count). The molecular weight excluding hydrogens is 253 g/mol. The number of rotatable bonds is 2. The Morgan fingerprint density at radius 1 is 1.11 bits per heavy atom. The monoisotopic (exact) mass is 264 g/mol. The molecule has 0 aliphatic heterocycles. The van der Waals surface area contributed by atoms with Gasteiger partial charge in [-0.1, -0.05) is 18.7 Å². The zero-order valence-electron chi connectivity index (χ0n) is 10.2. The van der Waals surface area contributed by atoms with Gasteiger partial charge in [-0.3, -0.25) is 0 Å². The Balaban J connectivity index is 2.39. The van der Waals surface area contributed by atoms with E-state index < -0.39 is 11.7 Å². The molecule has 0 fully saturated rings. The van der Waals surface area contributed by atoms with Crippen LogP contribution in [0.15, 0.2) is 43.0 Å². The Morgan fingerprint density at radius 3 is 2.37 bits per heavy atom. The van der Waals surface area contributed by atoms with Crippen LogP contribution in [-0.4, -0.2) is 10.2 Å². The molecule has 1 aromatic carbocycles. The number of halogens is 3. The summed E-state index contributed by atoms with van der Waals surface area (Å²) < 4.78 is 37.8. The molecule has 0 N–H and O–H groups in total. The molecule has 0 saturated carbocycles. The number of alkyl halides is 3. The second-order valence-electron chi connectivity index (χ2n) is 4.16. The number of hydrogen-bond acceptors (Lipinski definition) is 2. The third-order valence-electron chi connectivity index (χ3n) is 2.59. The molecule has 2 nitrogen and oxygen atoms in total. The van der Waals surface area contributed by atoms with Crippen LogP contribution in [0.1, 0.15) is 18.2 Å². The van der Waals surface area contributed by atoms with Crippen molar-refractivity contribution in [3.63, 3.8) is 0 Å². The smallest absolute Gasteiger partial charge is 0.166 e. The molecule has 98 valence electrons. The van der Waals surface area contributed by atoms with E-state index >= 15 is 0 Å². The van der Waals surface area contributed by atoms with Gasteiger partial charge in [0.15, 0.2) is 0 Å². The van der Waals surface area contributed by atoms with Crippen molar-refractivity contribution in [3.05, 3.63) is 54.2 Å². The summed E-state index contributed by atoms with van der Waals surface area (Å²) in [5.74, 6) is 0. The minimum atomic E-state index is -4.36. The highest BCUT2D eigenvalue weighted by Gasteiger charge is 2.30. The van der Waals surface area contributed by atoms with E-state index in [2.05, 4.69) is 16.8 Å². The molecule has 0 unspecified atom stereocenters. The highest BCUT2D eigenvalue weighted by Crippen LogP contribution is 2.31. The number of aromatic nitrogens is 2. The molecule has 19 heavy (non-hydrogen) atoms. The highest BCUT2D eigenvalue weighted by atomic mass is 19.4. The van der Waals surface area contributed by atoms with E-state index in [1.807, 2.05) is 0 Å². The van der Waals surface area contributed by atoms with Crippen LogP contribution in [0.5, 0.6) is 0 Å². The fraction of sp³-hybridized carbons (Fsp3) is 0.143. The lowest BCUT2D eigenvalue weighted by Crippen LogP contribution is -2.04. The minimum absolute atomic E-state index is 0.385. The van der Waals surface area contributed by atoms with Gasteiger partial charge in [-0.05, 0) is 36.8 Å². The Labute approximate surface area is 108 Å². The van der Waals surface area contributed by atoms with Gasteiger partial charge in [0.05, 0.1) is 17.0 Å². The zero-order valence-corrected chi connectivity index (χ0v) is 10.2. The lowest BCUT2D eigenvalue weighted by Gasteiger charge is -2.08. The zero-order chi connectivity index (χ0) is 14.0. The predicted octanol–water partition coefficient (Wildman–Crippen LogP) is 4.20. The Bertz CT molecular complexity index is 601. The molecule has 0 atom stereocenters. The molecule has 2 aromatic rings. The largest absolute Gasteiger partial charge is 0.416 e. The molecule has 0 aliphatic rings. The van der Waals surface area contributed by atoms with Crippen molar-refractivity contribution in [1.82, 2.24) is 10.2 Å². The van der Waals surface area contributed by atoms with E-state index in [1.54, 1.807) is 25.1 Å². The molecule has 0 saturated heterocycles. The first-order valence-corrected chi connectivity index (χ1v) is 5.55. The lowest BCUT2D eigenvalue weighted by molar-refractivity contribution is -0.137. The molecule has 0 aliphatic carbocycles. The highest BCUT2D eigenvalue weighted by molar-refractivity contribution is 5.63. The maximum Gasteiger partial charge on any atom is 0.416 e. The molecule has 0 bridgehead atoms. The van der Waals surface area contributed by atoms with Crippen molar-refractivity contribution in [2.75, 3.05) is 0 Å². The number of allylic oxidation sites excluding steroid dienone is 1. The SMILES string of the molecule is C=C(C)c1ccc(-c2cccc(C(F)(F)F)c2)nn1. The average Bonchev–Trinajstić information content (AvgIpc) is 2.38. The van der Waals surface area contributed by atoms with Crippen molar-refractivity contribution >= 4 is 5.57 Å². The van der Waals surface area contributed by atoms with E-state index in [9.17, 15) is 13.2 Å². The second-order valence-corrected chi connectivity index (χ2v) is 4.16. The Hall–Kier alpha value is -2.17. The lowest BCUT2D eigenvalue weighted by atomic mass is 10.1. The van der Waals surface area contributed by atoms with Gasteiger partial charge in [0.2, 0.25) is 0 Å². The first-order valence-electron chi connectivity index (χ1n) is 5.55. The summed E-state index contributed by atoms with van der Waals surface area (Å²) in [6, 6.07) is 8.33. The van der Waals surface area contributed by atoms with Crippen LogP contribution >= 0.6 is 0 Å². The predicted molar refractivity (Wildman–Crippen MR) is 67.2 cm³/mol. The van der Waals surface area contributed by atoms with E-state index in [0.29, 0.717) is 17.0 Å². The van der Waals surface area contributed by atoms with Gasteiger partial charge in [0, 0.05) is 5.56 Å². The van der Waals surface area contributed by atoms with Gasteiger partial charge in [0.25, 0.3) is 0 Å². The summed E-state index contributed by atoms with van der Waals surface area (Å²) in [6.07, 6.45) is -4.36. The van der Waals surface area contributed by atoms with E-state index in [4.69, 9.17) is 0 Å². The standard InChI is InChI=1S/C14H11F3N2/c1-9(2)12-6-7-13(19-18-12)10-4-3-5-11(8-10)14(15,16)17/h3-8H,1H2,2H3. The van der Waals surface area contributed by atoms with Gasteiger partial charge in [0.1, 0.15) is 0 Å². The van der Waals surface area contributed by atoms with E-state index in [1.165, 1.54) is 6.07 Å². The minimum Gasteiger partial charge on any atom is -0.166 e. The number of hydrogen-bond donors (Lipinski definition) is 0. The first kappa shape index (κ1) is 13.3. The molecular formula is C14H11F3N2. The quantitative estimate of drug-likeness (QED) is 0.812. The summed E-state index contributed by atoms with van der Waals surface area (Å²) in [7, 11) is 0. The van der Waals surface area contributed by atoms with Gasteiger partial charge in [-0.25, -0.2) is 0 Å². The first-order chi connectivity index (χ1) is 8.88. The van der Waals surface area contributed by atoms with Crippen LogP contribution < -0.4 is 0 Å². The van der Waals surface area contributed by atoms with Gasteiger partial charge >= 0.3 is 6.18 Å². The molecule has 0 spiro atoms. The van der Waals surface area contributed by atoms with E-state index in [0.717, 1.165) is 17.7 Å². The molecule has 5 heteroatoms. The van der Waals surface area contributed by atoms with Crippen LogP contribution in [0.25, 0.3) is 16.8 Å². The number of nitrogens with zero attached hydrogens (tertiary/aromatic N) is 2. The molecule has 0 radical (unpaired) electrons. The van der Waals surface area contributed by atoms with Crippen LogP contribution in [0.2, 0.25) is 0 Å². The Morgan fingerprint density at radius 2 is 1.84 bits per heavy atom. The third kappa shape index (κ3) is 2.99. The summed E-state index contributed by atoms with van der Waals surface area (Å²) in [4.78, 5) is 0.